The number of para-hydroxylation sites is 1. The fourth-order valence-electron chi connectivity index (χ4n) is 6.30. The number of hydrogen-bond acceptors (Lipinski definition) is 7. The van der Waals surface area contributed by atoms with E-state index < -0.39 is 31.3 Å². The van der Waals surface area contributed by atoms with Crippen molar-refractivity contribution in [1.29, 1.82) is 0 Å². The smallest absolute Gasteiger partial charge is 0.243 e. The van der Waals surface area contributed by atoms with E-state index in [2.05, 4.69) is 9.62 Å². The van der Waals surface area contributed by atoms with E-state index >= 15 is 0 Å². The van der Waals surface area contributed by atoms with Gasteiger partial charge in [-0.25, -0.2) is 21.6 Å². The molecule has 0 radical (unpaired) electrons. The van der Waals surface area contributed by atoms with Crippen molar-refractivity contribution in [3.63, 3.8) is 0 Å². The Balaban J connectivity index is 1.30. The zero-order valence-electron chi connectivity index (χ0n) is 23.7. The first-order valence-corrected chi connectivity index (χ1v) is 17.6. The molecular weight excluding hydrogens is 564 g/mol. The number of amides is 1. The van der Waals surface area contributed by atoms with Gasteiger partial charge in [0.1, 0.15) is 6.04 Å². The Bertz CT molecular complexity index is 1430. The first kappa shape index (κ1) is 30.0. The van der Waals surface area contributed by atoms with Crippen molar-refractivity contribution in [2.75, 3.05) is 56.9 Å². The second-order valence-electron chi connectivity index (χ2n) is 11.6. The third kappa shape index (κ3) is 6.61. The highest BCUT2D eigenvalue weighted by Crippen LogP contribution is 2.47. The van der Waals surface area contributed by atoms with Gasteiger partial charge in [0, 0.05) is 25.0 Å². The predicted octanol–water partition coefficient (Wildman–Crippen LogP) is 1.93. The maximum absolute atomic E-state index is 13.8. The van der Waals surface area contributed by atoms with Gasteiger partial charge in [0.25, 0.3) is 0 Å². The molecule has 1 N–H and O–H groups in total. The first-order chi connectivity index (χ1) is 19.5. The van der Waals surface area contributed by atoms with Crippen molar-refractivity contribution in [3.05, 3.63) is 65.7 Å². The molecule has 1 amide bonds. The number of carbonyl (C=O) groups is 1. The van der Waals surface area contributed by atoms with Gasteiger partial charge in [-0.1, -0.05) is 48.5 Å². The Hall–Kier alpha value is -2.51. The average molecular weight is 605 g/mol. The second-order valence-corrected chi connectivity index (χ2v) is 15.5. The summed E-state index contributed by atoms with van der Waals surface area (Å²) in [6.45, 7) is 2.71. The molecule has 3 aliphatic heterocycles. The molecule has 0 aromatic heterocycles. The Morgan fingerprint density at radius 1 is 0.976 bits per heavy atom. The molecule has 5 rings (SSSR count). The summed E-state index contributed by atoms with van der Waals surface area (Å²) in [6, 6.07) is 16.1. The van der Waals surface area contributed by atoms with Gasteiger partial charge in [0.2, 0.25) is 26.0 Å². The Labute approximate surface area is 243 Å². The number of anilines is 1. The predicted molar refractivity (Wildman–Crippen MR) is 159 cm³/mol. The van der Waals surface area contributed by atoms with Crippen molar-refractivity contribution in [3.8, 4) is 0 Å². The number of ether oxygens (including phenoxy) is 1. The fraction of sp³-hybridized carbons (Fsp3) is 0.552. The monoisotopic (exact) mass is 604 g/mol. The number of carbonyl (C=O) groups excluding carboxylic acids is 1. The van der Waals surface area contributed by atoms with E-state index in [4.69, 9.17) is 4.74 Å². The van der Waals surface area contributed by atoms with Crippen LogP contribution in [0.2, 0.25) is 0 Å². The van der Waals surface area contributed by atoms with Crippen LogP contribution < -0.4 is 9.03 Å². The first-order valence-electron chi connectivity index (χ1n) is 14.2. The molecule has 1 atom stereocenters. The molecule has 12 heteroatoms. The summed E-state index contributed by atoms with van der Waals surface area (Å²) < 4.78 is 61.9. The summed E-state index contributed by atoms with van der Waals surface area (Å²) in [4.78, 5) is 17.6. The Morgan fingerprint density at radius 3 is 2.27 bits per heavy atom. The lowest BCUT2D eigenvalue weighted by Gasteiger charge is -2.41. The molecule has 10 nitrogen and oxygen atoms in total. The van der Waals surface area contributed by atoms with Crippen LogP contribution in [0.5, 0.6) is 0 Å². The maximum atomic E-state index is 13.8. The van der Waals surface area contributed by atoms with E-state index in [0.717, 1.165) is 11.1 Å². The number of sulfonamides is 2. The standard InChI is InChI=1S/C29H40N4O6S2/c1-31-16-12-24(13-17-31)41(37,38)30-26(21-39-20-23-8-4-3-5-9-23)28(34)32-18-14-29(15-19-32)22-33(40(2,35)36)27-11-7-6-10-25(27)29/h3-11,24,26,30H,12-22H2,1-2H3. The normalized spacial score (nSPS) is 20.7. The molecular formula is C29H40N4O6S2. The lowest BCUT2D eigenvalue weighted by molar-refractivity contribution is -0.136. The highest BCUT2D eigenvalue weighted by molar-refractivity contribution is 7.92. The van der Waals surface area contributed by atoms with Crippen LogP contribution in [0.3, 0.4) is 0 Å². The minimum Gasteiger partial charge on any atom is -0.375 e. The van der Waals surface area contributed by atoms with Gasteiger partial charge in [-0.3, -0.25) is 9.10 Å². The lowest BCUT2D eigenvalue weighted by atomic mass is 9.74. The van der Waals surface area contributed by atoms with Crippen LogP contribution in [0.4, 0.5) is 5.69 Å². The average Bonchev–Trinajstić information content (AvgIpc) is 3.28. The molecule has 1 unspecified atom stereocenters. The zero-order valence-corrected chi connectivity index (χ0v) is 25.4. The van der Waals surface area contributed by atoms with E-state index in [1.807, 2.05) is 61.6 Å². The molecule has 2 aromatic carbocycles. The van der Waals surface area contributed by atoms with Crippen LogP contribution in [0.25, 0.3) is 0 Å². The lowest BCUT2D eigenvalue weighted by Crippen LogP contribution is -2.56. The third-order valence-corrected chi connectivity index (χ3v) is 11.8. The highest BCUT2D eigenvalue weighted by atomic mass is 32.2. The van der Waals surface area contributed by atoms with Crippen molar-refractivity contribution in [2.45, 2.75) is 49.0 Å². The van der Waals surface area contributed by atoms with Crippen molar-refractivity contribution in [2.24, 2.45) is 0 Å². The summed E-state index contributed by atoms with van der Waals surface area (Å²) in [6.07, 6.45) is 3.42. The quantitative estimate of drug-likeness (QED) is 0.465. The minimum absolute atomic E-state index is 0.0775. The highest BCUT2D eigenvalue weighted by Gasteiger charge is 2.48. The van der Waals surface area contributed by atoms with Crippen molar-refractivity contribution >= 4 is 31.6 Å². The van der Waals surface area contributed by atoms with E-state index in [1.165, 1.54) is 10.6 Å². The molecule has 1 spiro atoms. The van der Waals surface area contributed by atoms with Crippen molar-refractivity contribution < 1.29 is 26.4 Å². The fourth-order valence-corrected chi connectivity index (χ4v) is 8.89. The molecule has 2 aromatic rings. The van der Waals surface area contributed by atoms with Crippen LogP contribution in [-0.2, 0) is 41.6 Å². The molecule has 2 fully saturated rings. The minimum atomic E-state index is -3.75. The van der Waals surface area contributed by atoms with E-state index in [-0.39, 0.29) is 24.5 Å². The molecule has 0 saturated carbocycles. The molecule has 41 heavy (non-hydrogen) atoms. The van der Waals surface area contributed by atoms with Crippen LogP contribution in [0.15, 0.2) is 54.6 Å². The van der Waals surface area contributed by atoms with Crippen LogP contribution in [-0.4, -0.2) is 96.5 Å². The number of benzene rings is 2. The molecule has 0 bridgehead atoms. The second kappa shape index (κ2) is 12.0. The van der Waals surface area contributed by atoms with Gasteiger partial charge in [-0.15, -0.1) is 0 Å². The van der Waals surface area contributed by atoms with Crippen molar-refractivity contribution in [1.82, 2.24) is 14.5 Å². The number of nitrogens with one attached hydrogen (secondary N) is 1. The number of hydrogen-bond donors (Lipinski definition) is 1. The van der Waals surface area contributed by atoms with Gasteiger partial charge in [0.05, 0.1) is 30.4 Å². The van der Waals surface area contributed by atoms with Crippen LogP contribution >= 0.6 is 0 Å². The molecule has 0 aliphatic carbocycles. The number of fused-ring (bicyclic) bond motifs is 2. The van der Waals surface area contributed by atoms with Gasteiger partial charge in [-0.05, 0) is 63.0 Å². The summed E-state index contributed by atoms with van der Waals surface area (Å²) in [7, 11) is -5.22. The topological polar surface area (TPSA) is 116 Å². The zero-order chi connectivity index (χ0) is 29.3. The van der Waals surface area contributed by atoms with E-state index in [1.54, 1.807) is 4.90 Å². The molecule has 224 valence electrons. The SMILES string of the molecule is CN1CCC(S(=O)(=O)NC(COCc2ccccc2)C(=O)N2CCC3(CC2)CN(S(C)(=O)=O)c2ccccc23)CC1. The third-order valence-electron chi connectivity index (χ3n) is 8.73. The van der Waals surface area contributed by atoms with Gasteiger partial charge >= 0.3 is 0 Å². The molecule has 3 aliphatic rings. The van der Waals surface area contributed by atoms with Gasteiger partial charge < -0.3 is 14.5 Å². The van der Waals surface area contributed by atoms with E-state index in [0.29, 0.717) is 64.1 Å². The van der Waals surface area contributed by atoms with Gasteiger partial charge in [0.15, 0.2) is 0 Å². The number of rotatable bonds is 9. The van der Waals surface area contributed by atoms with E-state index in [9.17, 15) is 21.6 Å². The molecule has 2 saturated heterocycles. The van der Waals surface area contributed by atoms with Gasteiger partial charge in [-0.2, -0.15) is 0 Å². The molecule has 3 heterocycles. The van der Waals surface area contributed by atoms with Crippen LogP contribution in [0, 0.1) is 0 Å². The van der Waals surface area contributed by atoms with Crippen LogP contribution in [0.1, 0.15) is 36.8 Å². The summed E-state index contributed by atoms with van der Waals surface area (Å²) in [5, 5.41) is -0.551. The Kier molecular flexibility index (Phi) is 8.77. The summed E-state index contributed by atoms with van der Waals surface area (Å²) in [5.74, 6) is -0.310. The summed E-state index contributed by atoms with van der Waals surface area (Å²) in [5.41, 5.74) is 2.24. The number of likely N-dealkylation sites (tertiary alicyclic amines) is 2. The number of nitrogens with zero attached hydrogens (tertiary/aromatic N) is 3. The largest absolute Gasteiger partial charge is 0.375 e. The maximum Gasteiger partial charge on any atom is 0.243 e. The summed E-state index contributed by atoms with van der Waals surface area (Å²) >= 11 is 0. The number of piperidine rings is 2. The Morgan fingerprint density at radius 2 is 1.61 bits per heavy atom.